The lowest BCUT2D eigenvalue weighted by molar-refractivity contribution is 0.800. The SMILES string of the molecule is Clc1ccc(N(N=Cc2ccc(N(Cc3ccccc3)Cc3ccccc3)cc2)c2ccc3ccccc3c2)cc1. The van der Waals surface area contributed by atoms with E-state index in [9.17, 15) is 0 Å². The van der Waals surface area contributed by atoms with Gasteiger partial charge in [-0.25, -0.2) is 5.01 Å². The van der Waals surface area contributed by atoms with Crippen LogP contribution in [0.25, 0.3) is 10.8 Å². The summed E-state index contributed by atoms with van der Waals surface area (Å²) in [4.78, 5) is 2.40. The summed E-state index contributed by atoms with van der Waals surface area (Å²) in [6.07, 6.45) is 1.91. The number of nitrogens with zero attached hydrogens (tertiary/aromatic N) is 3. The number of rotatable bonds is 9. The van der Waals surface area contributed by atoms with Crippen molar-refractivity contribution in [2.75, 3.05) is 9.91 Å². The van der Waals surface area contributed by atoms with Crippen LogP contribution in [0.2, 0.25) is 5.02 Å². The smallest absolute Gasteiger partial charge is 0.0659 e. The molecule has 0 fully saturated rings. The van der Waals surface area contributed by atoms with E-state index in [1.54, 1.807) is 0 Å². The summed E-state index contributed by atoms with van der Waals surface area (Å²) in [7, 11) is 0. The summed E-state index contributed by atoms with van der Waals surface area (Å²) in [5.74, 6) is 0. The fourth-order valence-electron chi connectivity index (χ4n) is 4.91. The predicted octanol–water partition coefficient (Wildman–Crippen LogP) is 9.87. The number of halogens is 1. The number of hydrogen-bond donors (Lipinski definition) is 0. The Balaban J connectivity index is 1.28. The van der Waals surface area contributed by atoms with E-state index in [0.717, 1.165) is 30.0 Å². The van der Waals surface area contributed by atoms with Gasteiger partial charge in [0.1, 0.15) is 0 Å². The van der Waals surface area contributed by atoms with E-state index in [-0.39, 0.29) is 0 Å². The second-order valence-electron chi connectivity index (χ2n) is 9.98. The monoisotopic (exact) mass is 551 g/mol. The molecule has 6 aromatic carbocycles. The Labute approximate surface area is 246 Å². The van der Waals surface area contributed by atoms with Crippen LogP contribution in [0.15, 0.2) is 157 Å². The number of hydrazone groups is 1. The molecule has 0 heterocycles. The molecule has 3 nitrogen and oxygen atoms in total. The number of hydrogen-bond acceptors (Lipinski definition) is 3. The third-order valence-corrected chi connectivity index (χ3v) is 7.31. The zero-order chi connectivity index (χ0) is 27.9. The molecule has 0 aliphatic rings. The van der Waals surface area contributed by atoms with Gasteiger partial charge >= 0.3 is 0 Å². The van der Waals surface area contributed by atoms with Crippen molar-refractivity contribution in [2.45, 2.75) is 13.1 Å². The van der Waals surface area contributed by atoms with Crippen LogP contribution in [0, 0.1) is 0 Å². The van der Waals surface area contributed by atoms with Crippen molar-refractivity contribution in [1.29, 1.82) is 0 Å². The summed E-state index contributed by atoms with van der Waals surface area (Å²) in [6, 6.07) is 52.3. The first kappa shape index (κ1) is 26.4. The van der Waals surface area contributed by atoms with Crippen LogP contribution in [0.4, 0.5) is 17.1 Å². The van der Waals surface area contributed by atoms with E-state index in [2.05, 4.69) is 132 Å². The highest BCUT2D eigenvalue weighted by Gasteiger charge is 2.11. The second kappa shape index (κ2) is 12.5. The highest BCUT2D eigenvalue weighted by atomic mass is 35.5. The molecule has 0 saturated heterocycles. The van der Waals surface area contributed by atoms with Crippen molar-refractivity contribution < 1.29 is 0 Å². The standard InChI is InChI=1S/C37H30ClN3/c38-34-18-23-36(24-19-34)41(37-22-17-32-13-7-8-14-33(32)25-37)39-26-29-15-20-35(21-16-29)40(27-30-9-3-1-4-10-30)28-31-11-5-2-6-12-31/h1-26H,27-28H2. The molecule has 0 unspecified atom stereocenters. The van der Waals surface area contributed by atoms with Crippen molar-refractivity contribution in [3.63, 3.8) is 0 Å². The molecule has 200 valence electrons. The predicted molar refractivity (Wildman–Crippen MR) is 174 cm³/mol. The molecule has 0 saturated carbocycles. The van der Waals surface area contributed by atoms with Gasteiger partial charge in [-0.15, -0.1) is 0 Å². The van der Waals surface area contributed by atoms with Gasteiger partial charge in [-0.2, -0.15) is 5.10 Å². The minimum atomic E-state index is 0.697. The molecule has 41 heavy (non-hydrogen) atoms. The molecule has 0 radical (unpaired) electrons. The number of anilines is 3. The van der Waals surface area contributed by atoms with Gasteiger partial charge in [-0.3, -0.25) is 0 Å². The Hall–Kier alpha value is -4.86. The molecule has 0 aliphatic heterocycles. The molecule has 0 amide bonds. The van der Waals surface area contributed by atoms with Crippen molar-refractivity contribution >= 4 is 45.7 Å². The average molecular weight is 552 g/mol. The fraction of sp³-hybridized carbons (Fsp3) is 0.0541. The third kappa shape index (κ3) is 6.66. The van der Waals surface area contributed by atoms with Crippen molar-refractivity contribution in [1.82, 2.24) is 0 Å². The highest BCUT2D eigenvalue weighted by molar-refractivity contribution is 6.30. The first-order valence-electron chi connectivity index (χ1n) is 13.7. The number of benzene rings is 6. The van der Waals surface area contributed by atoms with E-state index in [0.29, 0.717) is 5.02 Å². The Morgan fingerprint density at radius 2 is 1.05 bits per heavy atom. The summed E-state index contributed by atoms with van der Waals surface area (Å²) in [5.41, 5.74) is 6.67. The Bertz CT molecular complexity index is 1690. The molecular weight excluding hydrogens is 522 g/mol. The lowest BCUT2D eigenvalue weighted by Gasteiger charge is -2.25. The molecule has 0 bridgehead atoms. The van der Waals surface area contributed by atoms with E-state index in [4.69, 9.17) is 16.7 Å². The van der Waals surface area contributed by atoms with Crippen LogP contribution >= 0.6 is 11.6 Å². The highest BCUT2D eigenvalue weighted by Crippen LogP contribution is 2.30. The molecule has 0 atom stereocenters. The van der Waals surface area contributed by atoms with E-state index in [1.165, 1.54) is 27.6 Å². The largest absolute Gasteiger partial charge is 0.363 e. The zero-order valence-electron chi connectivity index (χ0n) is 22.6. The molecule has 0 spiro atoms. The molecular formula is C37H30ClN3. The lowest BCUT2D eigenvalue weighted by Crippen LogP contribution is -2.22. The quantitative estimate of drug-likeness (QED) is 0.131. The summed E-state index contributed by atoms with van der Waals surface area (Å²) in [6.45, 7) is 1.66. The summed E-state index contributed by atoms with van der Waals surface area (Å²) < 4.78 is 0. The van der Waals surface area contributed by atoms with Gasteiger partial charge in [0.15, 0.2) is 0 Å². The van der Waals surface area contributed by atoms with Gasteiger partial charge < -0.3 is 4.90 Å². The van der Waals surface area contributed by atoms with Gasteiger partial charge in [0.05, 0.1) is 17.6 Å². The number of fused-ring (bicyclic) bond motifs is 1. The van der Waals surface area contributed by atoms with Crippen LogP contribution in [-0.4, -0.2) is 6.21 Å². The van der Waals surface area contributed by atoms with Gasteiger partial charge in [0.2, 0.25) is 0 Å². The minimum Gasteiger partial charge on any atom is -0.363 e. The van der Waals surface area contributed by atoms with Crippen molar-refractivity contribution in [3.05, 3.63) is 173 Å². The molecule has 6 rings (SSSR count). The maximum absolute atomic E-state index is 6.19. The molecule has 0 N–H and O–H groups in total. The van der Waals surface area contributed by atoms with E-state index in [1.807, 2.05) is 35.5 Å². The first-order chi connectivity index (χ1) is 20.2. The van der Waals surface area contributed by atoms with Gasteiger partial charge in [-0.1, -0.05) is 115 Å². The van der Waals surface area contributed by atoms with E-state index >= 15 is 0 Å². The Morgan fingerprint density at radius 1 is 0.512 bits per heavy atom. The van der Waals surface area contributed by atoms with Crippen LogP contribution < -0.4 is 9.91 Å². The van der Waals surface area contributed by atoms with Gasteiger partial charge in [0, 0.05) is 23.8 Å². The molecule has 0 aromatic heterocycles. The second-order valence-corrected chi connectivity index (χ2v) is 10.4. The third-order valence-electron chi connectivity index (χ3n) is 7.06. The average Bonchev–Trinajstić information content (AvgIpc) is 3.03. The minimum absolute atomic E-state index is 0.697. The molecule has 4 heteroatoms. The van der Waals surface area contributed by atoms with E-state index < -0.39 is 0 Å². The molecule has 0 aliphatic carbocycles. The zero-order valence-corrected chi connectivity index (χ0v) is 23.4. The molecule has 6 aromatic rings. The van der Waals surface area contributed by atoms with Gasteiger partial charge in [0.25, 0.3) is 0 Å². The lowest BCUT2D eigenvalue weighted by atomic mass is 10.1. The topological polar surface area (TPSA) is 18.8 Å². The maximum Gasteiger partial charge on any atom is 0.0659 e. The summed E-state index contributed by atoms with van der Waals surface area (Å²) >= 11 is 6.19. The van der Waals surface area contributed by atoms with Gasteiger partial charge in [-0.05, 0) is 76.0 Å². The van der Waals surface area contributed by atoms with Crippen molar-refractivity contribution in [2.24, 2.45) is 5.10 Å². The Kier molecular flexibility index (Phi) is 8.07. The Morgan fingerprint density at radius 3 is 1.68 bits per heavy atom. The first-order valence-corrected chi connectivity index (χ1v) is 14.1. The normalized spacial score (nSPS) is 11.1. The fourth-order valence-corrected chi connectivity index (χ4v) is 5.04. The van der Waals surface area contributed by atoms with Crippen LogP contribution in [0.5, 0.6) is 0 Å². The summed E-state index contributed by atoms with van der Waals surface area (Å²) in [5, 5.41) is 9.95. The van der Waals surface area contributed by atoms with Crippen molar-refractivity contribution in [3.8, 4) is 0 Å². The van der Waals surface area contributed by atoms with Crippen LogP contribution in [-0.2, 0) is 13.1 Å². The van der Waals surface area contributed by atoms with Crippen LogP contribution in [0.3, 0.4) is 0 Å². The van der Waals surface area contributed by atoms with Crippen LogP contribution in [0.1, 0.15) is 16.7 Å². The maximum atomic E-state index is 6.19.